The molecule has 5 nitrogen and oxygen atoms in total. The summed E-state index contributed by atoms with van der Waals surface area (Å²) in [7, 11) is 0. The van der Waals surface area contributed by atoms with E-state index in [0.717, 1.165) is 11.3 Å². The van der Waals surface area contributed by atoms with Gasteiger partial charge in [0, 0.05) is 17.3 Å². The maximum absolute atomic E-state index is 12.1. The summed E-state index contributed by atoms with van der Waals surface area (Å²) in [4.78, 5) is 15.9. The lowest BCUT2D eigenvalue weighted by atomic mass is 10.1. The van der Waals surface area contributed by atoms with E-state index in [1.165, 1.54) is 12.3 Å². The highest BCUT2D eigenvalue weighted by Gasteiger charge is 2.18. The number of pyridine rings is 1. The maximum atomic E-state index is 12.1. The first-order valence-corrected chi connectivity index (χ1v) is 6.22. The van der Waals surface area contributed by atoms with Crippen LogP contribution in [0.3, 0.4) is 0 Å². The van der Waals surface area contributed by atoms with Gasteiger partial charge in [0.1, 0.15) is 10.9 Å². The Morgan fingerprint density at radius 3 is 2.79 bits per heavy atom. The van der Waals surface area contributed by atoms with E-state index in [0.29, 0.717) is 11.3 Å². The van der Waals surface area contributed by atoms with Gasteiger partial charge in [-0.2, -0.15) is 0 Å². The molecule has 2 aromatic rings. The van der Waals surface area contributed by atoms with Gasteiger partial charge in [0.25, 0.3) is 5.91 Å². The van der Waals surface area contributed by atoms with Gasteiger partial charge in [-0.1, -0.05) is 16.8 Å². The average molecular weight is 280 g/mol. The molecule has 1 unspecified atom stereocenters. The number of aryl methyl sites for hydroxylation is 2. The molecule has 0 radical (unpaired) electrons. The van der Waals surface area contributed by atoms with E-state index < -0.39 is 0 Å². The van der Waals surface area contributed by atoms with Crippen molar-refractivity contribution < 1.29 is 9.32 Å². The molecule has 0 fully saturated rings. The van der Waals surface area contributed by atoms with Crippen LogP contribution in [0.2, 0.25) is 5.15 Å². The lowest BCUT2D eigenvalue weighted by Gasteiger charge is -2.13. The SMILES string of the molecule is Cc1noc(C)c1C(C)NC(=O)c1ccnc(Cl)c1. The maximum Gasteiger partial charge on any atom is 0.251 e. The minimum absolute atomic E-state index is 0.189. The van der Waals surface area contributed by atoms with E-state index >= 15 is 0 Å². The number of nitrogens with one attached hydrogen (secondary N) is 1. The highest BCUT2D eigenvalue weighted by Crippen LogP contribution is 2.21. The smallest absolute Gasteiger partial charge is 0.251 e. The van der Waals surface area contributed by atoms with Gasteiger partial charge >= 0.3 is 0 Å². The lowest BCUT2D eigenvalue weighted by Crippen LogP contribution is -2.27. The minimum Gasteiger partial charge on any atom is -0.361 e. The molecule has 0 aromatic carbocycles. The Balaban J connectivity index is 2.15. The van der Waals surface area contributed by atoms with Gasteiger partial charge in [0.15, 0.2) is 0 Å². The minimum atomic E-state index is -0.211. The third-order valence-corrected chi connectivity index (χ3v) is 3.06. The first kappa shape index (κ1) is 13.5. The van der Waals surface area contributed by atoms with Crippen molar-refractivity contribution in [3.63, 3.8) is 0 Å². The van der Waals surface area contributed by atoms with Crippen molar-refractivity contribution in [3.05, 3.63) is 46.1 Å². The average Bonchev–Trinajstić information content (AvgIpc) is 2.69. The van der Waals surface area contributed by atoms with Crippen LogP contribution in [-0.4, -0.2) is 16.0 Å². The zero-order valence-corrected chi connectivity index (χ0v) is 11.7. The van der Waals surface area contributed by atoms with Crippen LogP contribution in [-0.2, 0) is 0 Å². The Bertz CT molecular complexity index is 590. The summed E-state index contributed by atoms with van der Waals surface area (Å²) < 4.78 is 5.09. The standard InChI is InChI=1S/C13H14ClN3O2/c1-7(12-8(2)17-19-9(12)3)16-13(18)10-4-5-15-11(14)6-10/h4-7H,1-3H3,(H,16,18). The van der Waals surface area contributed by atoms with Crippen LogP contribution in [0.1, 0.15) is 40.3 Å². The van der Waals surface area contributed by atoms with Gasteiger partial charge in [-0.3, -0.25) is 4.79 Å². The Morgan fingerprint density at radius 2 is 2.21 bits per heavy atom. The molecule has 2 aromatic heterocycles. The largest absolute Gasteiger partial charge is 0.361 e. The number of carbonyl (C=O) groups is 1. The summed E-state index contributed by atoms with van der Waals surface area (Å²) in [5.74, 6) is 0.495. The zero-order chi connectivity index (χ0) is 14.0. The van der Waals surface area contributed by atoms with Crippen molar-refractivity contribution in [1.29, 1.82) is 0 Å². The number of hydrogen-bond donors (Lipinski definition) is 1. The van der Waals surface area contributed by atoms with Crippen molar-refractivity contribution in [2.75, 3.05) is 0 Å². The molecule has 2 heterocycles. The molecular formula is C13H14ClN3O2. The van der Waals surface area contributed by atoms with Crippen molar-refractivity contribution in [2.24, 2.45) is 0 Å². The fourth-order valence-electron chi connectivity index (χ4n) is 2.00. The highest BCUT2D eigenvalue weighted by molar-refractivity contribution is 6.29. The number of nitrogens with zero attached hydrogens (tertiary/aromatic N) is 2. The molecular weight excluding hydrogens is 266 g/mol. The molecule has 2 rings (SSSR count). The highest BCUT2D eigenvalue weighted by atomic mass is 35.5. The predicted molar refractivity (Wildman–Crippen MR) is 71.1 cm³/mol. The lowest BCUT2D eigenvalue weighted by molar-refractivity contribution is 0.0939. The summed E-state index contributed by atoms with van der Waals surface area (Å²) in [6.07, 6.45) is 1.50. The molecule has 0 saturated heterocycles. The Labute approximate surface area is 116 Å². The fourth-order valence-corrected chi connectivity index (χ4v) is 2.18. The van der Waals surface area contributed by atoms with Gasteiger partial charge in [-0.25, -0.2) is 4.98 Å². The number of rotatable bonds is 3. The Kier molecular flexibility index (Phi) is 3.85. The number of hydrogen-bond acceptors (Lipinski definition) is 4. The Hall–Kier alpha value is -1.88. The van der Waals surface area contributed by atoms with E-state index in [1.807, 2.05) is 20.8 Å². The van der Waals surface area contributed by atoms with Crippen molar-refractivity contribution >= 4 is 17.5 Å². The second-order valence-corrected chi connectivity index (χ2v) is 4.69. The van der Waals surface area contributed by atoms with Crippen molar-refractivity contribution in [1.82, 2.24) is 15.5 Å². The van der Waals surface area contributed by atoms with Crippen LogP contribution in [0.25, 0.3) is 0 Å². The van der Waals surface area contributed by atoms with Crippen LogP contribution in [0.4, 0.5) is 0 Å². The van der Waals surface area contributed by atoms with Gasteiger partial charge in [0.2, 0.25) is 0 Å². The summed E-state index contributed by atoms with van der Waals surface area (Å²) in [6.45, 7) is 5.55. The van der Waals surface area contributed by atoms with E-state index in [9.17, 15) is 4.79 Å². The monoisotopic (exact) mass is 279 g/mol. The van der Waals surface area contributed by atoms with Crippen LogP contribution >= 0.6 is 11.6 Å². The molecule has 0 spiro atoms. The predicted octanol–water partition coefficient (Wildman–Crippen LogP) is 2.83. The van der Waals surface area contributed by atoms with Crippen LogP contribution in [0, 0.1) is 13.8 Å². The molecule has 1 N–H and O–H groups in total. The van der Waals surface area contributed by atoms with Crippen molar-refractivity contribution in [2.45, 2.75) is 26.8 Å². The second-order valence-electron chi connectivity index (χ2n) is 4.30. The normalized spacial score (nSPS) is 12.2. The molecule has 1 atom stereocenters. The van der Waals surface area contributed by atoms with E-state index in [1.54, 1.807) is 6.07 Å². The third-order valence-electron chi connectivity index (χ3n) is 2.86. The third kappa shape index (κ3) is 2.93. The second kappa shape index (κ2) is 5.40. The fraction of sp³-hybridized carbons (Fsp3) is 0.308. The van der Waals surface area contributed by atoms with Crippen molar-refractivity contribution in [3.8, 4) is 0 Å². The number of halogens is 1. The molecule has 1 amide bonds. The number of carbonyl (C=O) groups excluding carboxylic acids is 1. The Morgan fingerprint density at radius 1 is 1.47 bits per heavy atom. The first-order valence-electron chi connectivity index (χ1n) is 5.84. The van der Waals surface area contributed by atoms with Gasteiger partial charge in [0.05, 0.1) is 11.7 Å². The van der Waals surface area contributed by atoms with Crippen LogP contribution < -0.4 is 5.32 Å². The number of aromatic nitrogens is 2. The molecule has 0 bridgehead atoms. The van der Waals surface area contributed by atoms with Gasteiger partial charge in [-0.05, 0) is 32.9 Å². The summed E-state index contributed by atoms with van der Waals surface area (Å²) in [5.41, 5.74) is 2.14. The molecule has 0 aliphatic carbocycles. The number of amides is 1. The topological polar surface area (TPSA) is 68.0 Å². The van der Waals surface area contributed by atoms with E-state index in [-0.39, 0.29) is 17.1 Å². The van der Waals surface area contributed by atoms with E-state index in [2.05, 4.69) is 15.5 Å². The molecule has 19 heavy (non-hydrogen) atoms. The molecule has 0 saturated carbocycles. The molecule has 6 heteroatoms. The van der Waals surface area contributed by atoms with Gasteiger partial charge < -0.3 is 9.84 Å². The van der Waals surface area contributed by atoms with Crippen LogP contribution in [0.15, 0.2) is 22.9 Å². The summed E-state index contributed by atoms with van der Waals surface area (Å²) in [6, 6.07) is 2.95. The molecule has 0 aliphatic heterocycles. The quantitative estimate of drug-likeness (QED) is 0.877. The summed E-state index contributed by atoms with van der Waals surface area (Å²) in [5, 5.41) is 7.05. The van der Waals surface area contributed by atoms with Crippen LogP contribution in [0.5, 0.6) is 0 Å². The zero-order valence-electron chi connectivity index (χ0n) is 10.9. The van der Waals surface area contributed by atoms with E-state index in [4.69, 9.17) is 16.1 Å². The molecule has 100 valence electrons. The summed E-state index contributed by atoms with van der Waals surface area (Å²) >= 11 is 5.76. The molecule has 0 aliphatic rings. The first-order chi connectivity index (χ1) is 8.99. The van der Waals surface area contributed by atoms with Gasteiger partial charge in [-0.15, -0.1) is 0 Å².